The standard InChI is InChI=1S/C12H22FN3O/c13-3-6-15-7-9-16(10-8-15)12(17)11-1-4-14-5-2-11/h11,14H,1-10H2. The number of rotatable bonds is 3. The molecular weight excluding hydrogens is 221 g/mol. The van der Waals surface area contributed by atoms with Crippen molar-refractivity contribution in [1.29, 1.82) is 0 Å². The number of hydrogen-bond donors (Lipinski definition) is 1. The molecule has 98 valence electrons. The number of carbonyl (C=O) groups is 1. The van der Waals surface area contributed by atoms with Gasteiger partial charge in [0.1, 0.15) is 6.67 Å². The first-order valence-electron chi connectivity index (χ1n) is 6.59. The third kappa shape index (κ3) is 3.39. The van der Waals surface area contributed by atoms with Gasteiger partial charge in [-0.2, -0.15) is 0 Å². The van der Waals surface area contributed by atoms with Gasteiger partial charge in [-0.05, 0) is 25.9 Å². The van der Waals surface area contributed by atoms with E-state index in [4.69, 9.17) is 0 Å². The maximum absolute atomic E-state index is 12.2. The van der Waals surface area contributed by atoms with Crippen LogP contribution in [0.4, 0.5) is 4.39 Å². The highest BCUT2D eigenvalue weighted by Gasteiger charge is 2.28. The lowest BCUT2D eigenvalue weighted by Gasteiger charge is -2.36. The monoisotopic (exact) mass is 243 g/mol. The predicted molar refractivity (Wildman–Crippen MR) is 64.6 cm³/mol. The van der Waals surface area contributed by atoms with Crippen molar-refractivity contribution in [3.8, 4) is 0 Å². The summed E-state index contributed by atoms with van der Waals surface area (Å²) in [6, 6.07) is 0. The number of nitrogens with zero attached hydrogens (tertiary/aromatic N) is 2. The van der Waals surface area contributed by atoms with E-state index in [9.17, 15) is 9.18 Å². The minimum Gasteiger partial charge on any atom is -0.340 e. The van der Waals surface area contributed by atoms with Crippen LogP contribution in [0.25, 0.3) is 0 Å². The SMILES string of the molecule is O=C(C1CCNCC1)N1CCN(CCF)CC1. The van der Waals surface area contributed by atoms with Gasteiger partial charge in [0.05, 0.1) is 0 Å². The summed E-state index contributed by atoms with van der Waals surface area (Å²) in [5.74, 6) is 0.523. The zero-order chi connectivity index (χ0) is 12.1. The number of alkyl halides is 1. The first-order chi connectivity index (χ1) is 8.31. The number of halogens is 1. The van der Waals surface area contributed by atoms with E-state index in [0.29, 0.717) is 12.5 Å². The number of piperazine rings is 1. The van der Waals surface area contributed by atoms with Crippen LogP contribution in [0.15, 0.2) is 0 Å². The molecule has 0 radical (unpaired) electrons. The fourth-order valence-electron chi connectivity index (χ4n) is 2.64. The van der Waals surface area contributed by atoms with E-state index in [0.717, 1.165) is 52.1 Å². The Bertz CT molecular complexity index is 248. The van der Waals surface area contributed by atoms with Crippen LogP contribution in [0.5, 0.6) is 0 Å². The van der Waals surface area contributed by atoms with Crippen LogP contribution >= 0.6 is 0 Å². The topological polar surface area (TPSA) is 35.6 Å². The van der Waals surface area contributed by atoms with E-state index in [1.807, 2.05) is 4.90 Å². The molecule has 0 unspecified atom stereocenters. The molecule has 0 aromatic rings. The molecule has 0 aromatic carbocycles. The van der Waals surface area contributed by atoms with Gasteiger partial charge in [0.15, 0.2) is 0 Å². The molecule has 2 aliphatic heterocycles. The van der Waals surface area contributed by atoms with Gasteiger partial charge in [0.2, 0.25) is 5.91 Å². The molecule has 5 heteroatoms. The van der Waals surface area contributed by atoms with Crippen LogP contribution in [-0.4, -0.2) is 68.2 Å². The van der Waals surface area contributed by atoms with Crippen LogP contribution in [0.3, 0.4) is 0 Å². The second-order valence-corrected chi connectivity index (χ2v) is 4.88. The van der Waals surface area contributed by atoms with Crippen LogP contribution in [0.1, 0.15) is 12.8 Å². The predicted octanol–water partition coefficient (Wildman–Crippen LogP) is 0.0997. The van der Waals surface area contributed by atoms with E-state index in [1.54, 1.807) is 0 Å². The van der Waals surface area contributed by atoms with Crippen molar-refractivity contribution in [2.24, 2.45) is 5.92 Å². The second kappa shape index (κ2) is 6.31. The molecule has 0 saturated carbocycles. The summed E-state index contributed by atoms with van der Waals surface area (Å²) in [4.78, 5) is 16.3. The van der Waals surface area contributed by atoms with E-state index in [2.05, 4.69) is 10.2 Å². The average molecular weight is 243 g/mol. The summed E-state index contributed by atoms with van der Waals surface area (Å²) in [6.45, 7) is 5.31. The summed E-state index contributed by atoms with van der Waals surface area (Å²) in [7, 11) is 0. The maximum atomic E-state index is 12.2. The fraction of sp³-hybridized carbons (Fsp3) is 0.917. The van der Waals surface area contributed by atoms with Crippen molar-refractivity contribution in [1.82, 2.24) is 15.1 Å². The molecule has 0 aromatic heterocycles. The molecule has 2 rings (SSSR count). The van der Waals surface area contributed by atoms with Gasteiger partial charge < -0.3 is 10.2 Å². The molecule has 4 nitrogen and oxygen atoms in total. The van der Waals surface area contributed by atoms with E-state index in [-0.39, 0.29) is 12.6 Å². The molecule has 2 heterocycles. The van der Waals surface area contributed by atoms with Crippen LogP contribution < -0.4 is 5.32 Å². The zero-order valence-corrected chi connectivity index (χ0v) is 10.3. The van der Waals surface area contributed by atoms with Crippen molar-refractivity contribution >= 4 is 5.91 Å². The second-order valence-electron chi connectivity index (χ2n) is 4.88. The summed E-state index contributed by atoms with van der Waals surface area (Å²) < 4.78 is 12.2. The number of nitrogens with one attached hydrogen (secondary N) is 1. The zero-order valence-electron chi connectivity index (χ0n) is 10.3. The molecule has 2 saturated heterocycles. The van der Waals surface area contributed by atoms with Gasteiger partial charge in [-0.3, -0.25) is 9.69 Å². The third-order valence-corrected chi connectivity index (χ3v) is 3.77. The Balaban J connectivity index is 1.77. The first kappa shape index (κ1) is 12.8. The average Bonchev–Trinajstić information content (AvgIpc) is 2.40. The Labute approximate surface area is 102 Å². The Kier molecular flexibility index (Phi) is 4.74. The van der Waals surface area contributed by atoms with Crippen molar-refractivity contribution in [2.75, 3.05) is 52.5 Å². The molecule has 0 aliphatic carbocycles. The molecule has 2 aliphatic rings. The van der Waals surface area contributed by atoms with Gasteiger partial charge in [-0.25, -0.2) is 4.39 Å². The Morgan fingerprint density at radius 1 is 1.18 bits per heavy atom. The van der Waals surface area contributed by atoms with Crippen molar-refractivity contribution in [3.63, 3.8) is 0 Å². The highest BCUT2D eigenvalue weighted by Crippen LogP contribution is 2.16. The largest absolute Gasteiger partial charge is 0.340 e. The smallest absolute Gasteiger partial charge is 0.225 e. The fourth-order valence-corrected chi connectivity index (χ4v) is 2.64. The Morgan fingerprint density at radius 2 is 1.82 bits per heavy atom. The van der Waals surface area contributed by atoms with Gasteiger partial charge in [-0.1, -0.05) is 0 Å². The van der Waals surface area contributed by atoms with Crippen molar-refractivity contribution in [2.45, 2.75) is 12.8 Å². The lowest BCUT2D eigenvalue weighted by Crippen LogP contribution is -2.51. The van der Waals surface area contributed by atoms with Crippen molar-refractivity contribution < 1.29 is 9.18 Å². The highest BCUT2D eigenvalue weighted by atomic mass is 19.1. The Hall–Kier alpha value is -0.680. The summed E-state index contributed by atoms with van der Waals surface area (Å²) in [6.07, 6.45) is 1.92. The molecule has 1 amide bonds. The molecule has 0 spiro atoms. The van der Waals surface area contributed by atoms with Gasteiger partial charge in [0.25, 0.3) is 0 Å². The van der Waals surface area contributed by atoms with E-state index < -0.39 is 0 Å². The number of carbonyl (C=O) groups excluding carboxylic acids is 1. The molecule has 17 heavy (non-hydrogen) atoms. The highest BCUT2D eigenvalue weighted by molar-refractivity contribution is 5.79. The van der Waals surface area contributed by atoms with Crippen LogP contribution in [-0.2, 0) is 4.79 Å². The minimum atomic E-state index is -0.289. The van der Waals surface area contributed by atoms with E-state index in [1.165, 1.54) is 0 Å². The van der Waals surface area contributed by atoms with Gasteiger partial charge in [-0.15, -0.1) is 0 Å². The minimum absolute atomic E-state index is 0.212. The molecule has 0 bridgehead atoms. The lowest BCUT2D eigenvalue weighted by molar-refractivity contribution is -0.138. The molecular formula is C12H22FN3O. The van der Waals surface area contributed by atoms with Crippen LogP contribution in [0, 0.1) is 5.92 Å². The van der Waals surface area contributed by atoms with Crippen molar-refractivity contribution in [3.05, 3.63) is 0 Å². The van der Waals surface area contributed by atoms with Gasteiger partial charge in [0, 0.05) is 38.6 Å². The van der Waals surface area contributed by atoms with E-state index >= 15 is 0 Å². The van der Waals surface area contributed by atoms with Crippen LogP contribution in [0.2, 0.25) is 0 Å². The third-order valence-electron chi connectivity index (χ3n) is 3.77. The summed E-state index contributed by atoms with van der Waals surface area (Å²) in [5, 5.41) is 3.28. The Morgan fingerprint density at radius 3 is 2.41 bits per heavy atom. The number of piperidine rings is 1. The first-order valence-corrected chi connectivity index (χ1v) is 6.59. The molecule has 2 fully saturated rings. The summed E-state index contributed by atoms with van der Waals surface area (Å²) in [5.41, 5.74) is 0. The number of amides is 1. The molecule has 1 N–H and O–H groups in total. The normalized spacial score (nSPS) is 23.9. The molecule has 0 atom stereocenters. The quantitative estimate of drug-likeness (QED) is 0.763. The number of hydrogen-bond acceptors (Lipinski definition) is 3. The lowest BCUT2D eigenvalue weighted by atomic mass is 9.96. The maximum Gasteiger partial charge on any atom is 0.225 e. The van der Waals surface area contributed by atoms with Gasteiger partial charge >= 0.3 is 0 Å². The summed E-state index contributed by atoms with van der Waals surface area (Å²) >= 11 is 0.